The van der Waals surface area contributed by atoms with Gasteiger partial charge in [0, 0.05) is 13.0 Å². The van der Waals surface area contributed by atoms with Crippen LogP contribution in [0.5, 0.6) is 0 Å². The second-order valence-corrected chi connectivity index (χ2v) is 14.8. The molecule has 13 heteroatoms. The number of carbonyl (C=O) groups is 4. The van der Waals surface area contributed by atoms with E-state index in [9.17, 15) is 27.6 Å². The van der Waals surface area contributed by atoms with Gasteiger partial charge in [0.2, 0.25) is 15.9 Å². The van der Waals surface area contributed by atoms with E-state index in [1.807, 2.05) is 6.92 Å². The summed E-state index contributed by atoms with van der Waals surface area (Å²) in [5.41, 5.74) is 1.01. The molecule has 3 amide bonds. The Morgan fingerprint density at radius 2 is 1.68 bits per heavy atom. The van der Waals surface area contributed by atoms with Crippen molar-refractivity contribution >= 4 is 39.6 Å². The first-order valence-electron chi connectivity index (χ1n) is 16.2. The van der Waals surface area contributed by atoms with E-state index >= 15 is 0 Å². The van der Waals surface area contributed by atoms with Crippen molar-refractivity contribution in [1.29, 1.82) is 0 Å². The van der Waals surface area contributed by atoms with Crippen LogP contribution in [0.3, 0.4) is 0 Å². The van der Waals surface area contributed by atoms with Gasteiger partial charge in [-0.1, -0.05) is 36.2 Å². The van der Waals surface area contributed by atoms with Crippen molar-refractivity contribution in [1.82, 2.24) is 14.9 Å². The number of esters is 1. The number of aryl methyl sites for hydroxylation is 1. The SMILES string of the molecule is CCOC(=O)[C@H](Cc1ccc(N(C(=O)OC(C)(C)C)C(=O)[C@@H]2CCCCN2)cc1)NC(=O)[C@@H]1CCCN1S(=O)(=O)c1ccc(C)cc1. The zero-order chi connectivity index (χ0) is 34.4. The second kappa shape index (κ2) is 15.4. The summed E-state index contributed by atoms with van der Waals surface area (Å²) >= 11 is 0. The highest BCUT2D eigenvalue weighted by molar-refractivity contribution is 7.89. The van der Waals surface area contributed by atoms with Gasteiger partial charge in [0.15, 0.2) is 0 Å². The summed E-state index contributed by atoms with van der Waals surface area (Å²) in [5.74, 6) is -1.66. The Morgan fingerprint density at radius 1 is 1.00 bits per heavy atom. The predicted molar refractivity (Wildman–Crippen MR) is 176 cm³/mol. The minimum Gasteiger partial charge on any atom is -0.464 e. The molecule has 0 saturated carbocycles. The number of imide groups is 1. The van der Waals surface area contributed by atoms with Gasteiger partial charge < -0.3 is 20.1 Å². The van der Waals surface area contributed by atoms with Gasteiger partial charge in [-0.3, -0.25) is 9.59 Å². The smallest absolute Gasteiger partial charge is 0.421 e. The zero-order valence-electron chi connectivity index (χ0n) is 27.8. The topological polar surface area (TPSA) is 151 Å². The van der Waals surface area contributed by atoms with Crippen molar-refractivity contribution < 1.29 is 37.1 Å². The van der Waals surface area contributed by atoms with Crippen LogP contribution in [0, 0.1) is 6.92 Å². The number of piperidine rings is 1. The lowest BCUT2D eigenvalue weighted by molar-refractivity contribution is -0.147. The van der Waals surface area contributed by atoms with Gasteiger partial charge in [-0.25, -0.2) is 22.9 Å². The van der Waals surface area contributed by atoms with E-state index < -0.39 is 57.6 Å². The van der Waals surface area contributed by atoms with E-state index in [1.54, 1.807) is 64.1 Å². The average molecular weight is 671 g/mol. The molecule has 0 aliphatic carbocycles. The summed E-state index contributed by atoms with van der Waals surface area (Å²) < 4.78 is 38.8. The zero-order valence-corrected chi connectivity index (χ0v) is 28.6. The Labute approximate surface area is 277 Å². The third kappa shape index (κ3) is 9.17. The molecule has 2 aromatic carbocycles. The van der Waals surface area contributed by atoms with Crippen LogP contribution in [0.1, 0.15) is 70.9 Å². The molecule has 0 bridgehead atoms. The average Bonchev–Trinajstić information content (AvgIpc) is 3.53. The van der Waals surface area contributed by atoms with E-state index in [4.69, 9.17) is 9.47 Å². The van der Waals surface area contributed by atoms with Gasteiger partial charge in [0.05, 0.1) is 23.2 Å². The Bertz CT molecular complexity index is 1530. The number of nitrogens with one attached hydrogen (secondary N) is 2. The van der Waals surface area contributed by atoms with Crippen LogP contribution in [0.4, 0.5) is 10.5 Å². The van der Waals surface area contributed by atoms with Gasteiger partial charge in [-0.15, -0.1) is 0 Å². The molecule has 2 aliphatic rings. The number of carbonyl (C=O) groups excluding carboxylic acids is 4. The number of amides is 3. The molecule has 47 heavy (non-hydrogen) atoms. The fourth-order valence-electron chi connectivity index (χ4n) is 5.70. The molecule has 0 unspecified atom stereocenters. The molecule has 2 aliphatic heterocycles. The maximum Gasteiger partial charge on any atom is 0.421 e. The van der Waals surface area contributed by atoms with Crippen molar-refractivity contribution in [2.75, 3.05) is 24.6 Å². The maximum atomic E-state index is 13.5. The summed E-state index contributed by atoms with van der Waals surface area (Å²) in [5, 5.41) is 5.91. The lowest BCUT2D eigenvalue weighted by atomic mass is 10.0. The molecule has 0 aromatic heterocycles. The third-order valence-corrected chi connectivity index (χ3v) is 9.98. The van der Waals surface area contributed by atoms with Crippen molar-refractivity contribution in [3.05, 3.63) is 59.7 Å². The van der Waals surface area contributed by atoms with Crippen LogP contribution < -0.4 is 15.5 Å². The normalized spacial score (nSPS) is 19.4. The Kier molecular flexibility index (Phi) is 11.8. The molecule has 2 aromatic rings. The van der Waals surface area contributed by atoms with E-state index in [0.29, 0.717) is 37.1 Å². The number of hydrogen-bond donors (Lipinski definition) is 2. The first-order valence-corrected chi connectivity index (χ1v) is 17.6. The minimum absolute atomic E-state index is 0.0346. The summed E-state index contributed by atoms with van der Waals surface area (Å²) in [6.45, 7) is 9.63. The molecule has 12 nitrogen and oxygen atoms in total. The van der Waals surface area contributed by atoms with Gasteiger partial charge in [-0.2, -0.15) is 4.31 Å². The Balaban J connectivity index is 1.53. The highest BCUT2D eigenvalue weighted by Gasteiger charge is 2.41. The summed E-state index contributed by atoms with van der Waals surface area (Å²) in [6.07, 6.45) is 2.46. The molecule has 4 rings (SSSR count). The quantitative estimate of drug-likeness (QED) is 0.359. The van der Waals surface area contributed by atoms with Gasteiger partial charge >= 0.3 is 12.1 Å². The van der Waals surface area contributed by atoms with Crippen LogP contribution in [-0.4, -0.2) is 80.0 Å². The number of sulfonamides is 1. The van der Waals surface area contributed by atoms with Gasteiger partial charge in [0.1, 0.15) is 17.7 Å². The van der Waals surface area contributed by atoms with Gasteiger partial charge in [0.25, 0.3) is 5.91 Å². The summed E-state index contributed by atoms with van der Waals surface area (Å²) in [7, 11) is -3.94. The lowest BCUT2D eigenvalue weighted by Gasteiger charge is -2.30. The van der Waals surface area contributed by atoms with Crippen LogP contribution in [0.2, 0.25) is 0 Å². The van der Waals surface area contributed by atoms with E-state index in [1.165, 1.54) is 16.4 Å². The number of anilines is 1. The van der Waals surface area contributed by atoms with Crippen LogP contribution in [-0.2, 0) is 40.3 Å². The van der Waals surface area contributed by atoms with Crippen LogP contribution in [0.25, 0.3) is 0 Å². The highest BCUT2D eigenvalue weighted by Crippen LogP contribution is 2.27. The fourth-order valence-corrected chi connectivity index (χ4v) is 7.36. The number of hydrogen-bond acceptors (Lipinski definition) is 9. The molecule has 2 N–H and O–H groups in total. The molecular weight excluding hydrogens is 624 g/mol. The van der Waals surface area contributed by atoms with E-state index in [-0.39, 0.29) is 24.5 Å². The molecule has 0 radical (unpaired) electrons. The molecule has 3 atom stereocenters. The number of rotatable bonds is 10. The van der Waals surface area contributed by atoms with E-state index in [2.05, 4.69) is 10.6 Å². The Morgan fingerprint density at radius 3 is 2.28 bits per heavy atom. The monoisotopic (exact) mass is 670 g/mol. The van der Waals surface area contributed by atoms with Crippen molar-refractivity contribution in [3.63, 3.8) is 0 Å². The number of ether oxygens (including phenoxy) is 2. The molecular formula is C34H46N4O8S. The number of nitrogens with zero attached hydrogens (tertiary/aromatic N) is 2. The fraction of sp³-hybridized carbons (Fsp3) is 0.529. The Hall–Kier alpha value is -3.81. The van der Waals surface area contributed by atoms with Crippen LogP contribution in [0.15, 0.2) is 53.4 Å². The first kappa shape index (κ1) is 36.0. The lowest BCUT2D eigenvalue weighted by Crippen LogP contribution is -2.52. The second-order valence-electron chi connectivity index (χ2n) is 12.9. The van der Waals surface area contributed by atoms with Crippen molar-refractivity contribution in [2.45, 2.75) is 102 Å². The van der Waals surface area contributed by atoms with Crippen molar-refractivity contribution in [3.8, 4) is 0 Å². The van der Waals surface area contributed by atoms with Crippen molar-refractivity contribution in [2.24, 2.45) is 0 Å². The standard InChI is InChI=1S/C34H46N4O8S/c1-6-45-32(41)28(36-30(39)29-11-9-21-37(29)47(43,44)26-18-12-23(2)13-19-26)22-24-14-16-25(17-15-24)38(33(42)46-34(3,4)5)31(40)27-10-7-8-20-35-27/h12-19,27-29,35H,6-11,20-22H2,1-5H3,(H,36,39)/t27-,28-,29-/m0/s1. The molecule has 256 valence electrons. The minimum atomic E-state index is -3.94. The maximum absolute atomic E-state index is 13.5. The molecule has 2 fully saturated rings. The molecule has 0 spiro atoms. The van der Waals surface area contributed by atoms with Gasteiger partial charge in [-0.05, 0) is 96.7 Å². The predicted octanol–water partition coefficient (Wildman–Crippen LogP) is 3.85. The first-order chi connectivity index (χ1) is 22.2. The number of benzene rings is 2. The largest absolute Gasteiger partial charge is 0.464 e. The summed E-state index contributed by atoms with van der Waals surface area (Å²) in [6, 6.07) is 10.4. The van der Waals surface area contributed by atoms with E-state index in [0.717, 1.165) is 23.3 Å². The highest BCUT2D eigenvalue weighted by atomic mass is 32.2. The third-order valence-electron chi connectivity index (χ3n) is 8.06. The molecule has 2 heterocycles. The van der Waals surface area contributed by atoms with Crippen LogP contribution >= 0.6 is 0 Å². The summed E-state index contributed by atoms with van der Waals surface area (Å²) in [4.78, 5) is 54.4. The molecule has 2 saturated heterocycles.